The average Bonchev–Trinajstić information content (AvgIpc) is 3.18. The zero-order chi connectivity index (χ0) is 23.1. The summed E-state index contributed by atoms with van der Waals surface area (Å²) in [6.45, 7) is 12.0. The molecular formula is C23H34N6O3. The van der Waals surface area contributed by atoms with Crippen LogP contribution in [0.4, 0.5) is 10.7 Å². The maximum Gasteiger partial charge on any atom is 0.417 e. The highest BCUT2D eigenvalue weighted by Gasteiger charge is 2.54. The molecular weight excluding hydrogens is 408 g/mol. The summed E-state index contributed by atoms with van der Waals surface area (Å²) < 4.78 is 7.89. The third-order valence-electron chi connectivity index (χ3n) is 6.21. The first kappa shape index (κ1) is 22.5. The number of ether oxygens (including phenoxy) is 1. The Morgan fingerprint density at radius 3 is 2.56 bits per heavy atom. The monoisotopic (exact) mass is 442 g/mol. The van der Waals surface area contributed by atoms with E-state index in [1.54, 1.807) is 0 Å². The molecule has 2 aromatic heterocycles. The number of fused-ring (bicyclic) bond motifs is 1. The SMILES string of the molecule is CCCN1C(=O)OC2(CCN(Cc3cc4cnc(NC)nc4n3CC(C)(C)C)CC2)C1=O. The predicted molar refractivity (Wildman–Crippen MR) is 122 cm³/mol. The second-order valence-electron chi connectivity index (χ2n) is 10.1. The van der Waals surface area contributed by atoms with Gasteiger partial charge in [0.15, 0.2) is 5.60 Å². The molecule has 1 spiro atoms. The van der Waals surface area contributed by atoms with Crippen LogP contribution in [0.2, 0.25) is 0 Å². The first-order chi connectivity index (χ1) is 15.2. The van der Waals surface area contributed by atoms with E-state index in [-0.39, 0.29) is 11.3 Å². The minimum Gasteiger partial charge on any atom is -0.432 e. The van der Waals surface area contributed by atoms with Crippen molar-refractivity contribution >= 4 is 29.0 Å². The summed E-state index contributed by atoms with van der Waals surface area (Å²) >= 11 is 0. The molecule has 4 rings (SSSR count). The third kappa shape index (κ3) is 4.18. The van der Waals surface area contributed by atoms with Crippen molar-refractivity contribution in [2.45, 2.75) is 65.6 Å². The fourth-order valence-corrected chi connectivity index (χ4v) is 4.62. The van der Waals surface area contributed by atoms with E-state index in [1.165, 1.54) is 10.6 Å². The maximum absolute atomic E-state index is 12.9. The molecule has 0 aliphatic carbocycles. The van der Waals surface area contributed by atoms with Crippen molar-refractivity contribution in [2.24, 2.45) is 5.41 Å². The number of anilines is 1. The van der Waals surface area contributed by atoms with Gasteiger partial charge in [-0.3, -0.25) is 9.69 Å². The number of likely N-dealkylation sites (tertiary alicyclic amines) is 1. The van der Waals surface area contributed by atoms with E-state index >= 15 is 0 Å². The molecule has 2 aromatic rings. The van der Waals surface area contributed by atoms with Crippen LogP contribution >= 0.6 is 0 Å². The number of hydrogen-bond acceptors (Lipinski definition) is 7. The molecule has 9 nitrogen and oxygen atoms in total. The van der Waals surface area contributed by atoms with Crippen LogP contribution in [-0.4, -0.2) is 68.6 Å². The summed E-state index contributed by atoms with van der Waals surface area (Å²) in [4.78, 5) is 37.7. The highest BCUT2D eigenvalue weighted by atomic mass is 16.6. The second kappa shape index (κ2) is 8.35. The first-order valence-electron chi connectivity index (χ1n) is 11.5. The highest BCUT2D eigenvalue weighted by Crippen LogP contribution is 2.35. The normalized spacial score (nSPS) is 19.2. The molecule has 2 fully saturated rings. The lowest BCUT2D eigenvalue weighted by Gasteiger charge is -2.36. The zero-order valence-corrected chi connectivity index (χ0v) is 19.8. The van der Waals surface area contributed by atoms with Crippen molar-refractivity contribution in [3.63, 3.8) is 0 Å². The van der Waals surface area contributed by atoms with Gasteiger partial charge in [-0.2, -0.15) is 4.98 Å². The molecule has 0 bridgehead atoms. The number of amides is 2. The molecule has 2 amide bonds. The molecule has 2 saturated heterocycles. The van der Waals surface area contributed by atoms with Gasteiger partial charge in [-0.05, 0) is 17.9 Å². The van der Waals surface area contributed by atoms with Crippen LogP contribution < -0.4 is 5.32 Å². The molecule has 0 atom stereocenters. The Morgan fingerprint density at radius 1 is 1.22 bits per heavy atom. The first-order valence-corrected chi connectivity index (χ1v) is 11.5. The Balaban J connectivity index is 1.53. The Kier molecular flexibility index (Phi) is 5.87. The average molecular weight is 443 g/mol. The number of nitrogens with one attached hydrogen (secondary N) is 1. The van der Waals surface area contributed by atoms with Crippen molar-refractivity contribution < 1.29 is 14.3 Å². The molecule has 9 heteroatoms. The van der Waals surface area contributed by atoms with Gasteiger partial charge in [0.05, 0.1) is 0 Å². The van der Waals surface area contributed by atoms with E-state index in [0.717, 1.165) is 30.5 Å². The van der Waals surface area contributed by atoms with E-state index in [2.05, 4.69) is 46.6 Å². The fraction of sp³-hybridized carbons (Fsp3) is 0.652. The Labute approximate surface area is 189 Å². The van der Waals surface area contributed by atoms with E-state index in [0.29, 0.717) is 38.4 Å². The lowest BCUT2D eigenvalue weighted by molar-refractivity contribution is -0.140. The van der Waals surface area contributed by atoms with Crippen LogP contribution in [0.25, 0.3) is 11.0 Å². The number of rotatable bonds is 6. The highest BCUT2D eigenvalue weighted by molar-refractivity contribution is 6.03. The van der Waals surface area contributed by atoms with Crippen molar-refractivity contribution in [2.75, 3.05) is 32.0 Å². The number of aromatic nitrogens is 3. The summed E-state index contributed by atoms with van der Waals surface area (Å²) in [5.41, 5.74) is 1.22. The van der Waals surface area contributed by atoms with E-state index < -0.39 is 11.7 Å². The minimum absolute atomic E-state index is 0.0879. The summed E-state index contributed by atoms with van der Waals surface area (Å²) in [7, 11) is 1.82. The predicted octanol–water partition coefficient (Wildman–Crippen LogP) is 3.24. The zero-order valence-electron chi connectivity index (χ0n) is 19.8. The molecule has 1 N–H and O–H groups in total. The van der Waals surface area contributed by atoms with E-state index in [1.807, 2.05) is 20.2 Å². The molecule has 2 aliphatic rings. The van der Waals surface area contributed by atoms with Crippen LogP contribution in [0.5, 0.6) is 0 Å². The molecule has 0 saturated carbocycles. The Bertz CT molecular complexity index is 1020. The Hall–Kier alpha value is -2.68. The molecule has 4 heterocycles. The van der Waals surface area contributed by atoms with Crippen LogP contribution in [0, 0.1) is 5.41 Å². The van der Waals surface area contributed by atoms with Gasteiger partial charge in [0, 0.05) is 69.9 Å². The van der Waals surface area contributed by atoms with Crippen LogP contribution in [0.1, 0.15) is 52.7 Å². The van der Waals surface area contributed by atoms with Crippen molar-refractivity contribution in [3.05, 3.63) is 18.0 Å². The van der Waals surface area contributed by atoms with Gasteiger partial charge in [-0.1, -0.05) is 27.7 Å². The number of piperidine rings is 1. The number of imide groups is 1. The van der Waals surface area contributed by atoms with Crippen molar-refractivity contribution in [1.29, 1.82) is 0 Å². The number of carbonyl (C=O) groups excluding carboxylic acids is 2. The smallest absolute Gasteiger partial charge is 0.417 e. The minimum atomic E-state index is -0.978. The lowest BCUT2D eigenvalue weighted by Crippen LogP contribution is -2.50. The van der Waals surface area contributed by atoms with Gasteiger partial charge < -0.3 is 14.6 Å². The summed E-state index contributed by atoms with van der Waals surface area (Å²) in [5, 5.41) is 4.04. The summed E-state index contributed by atoms with van der Waals surface area (Å²) in [5.74, 6) is 0.441. The largest absolute Gasteiger partial charge is 0.432 e. The van der Waals surface area contributed by atoms with Gasteiger partial charge in [0.1, 0.15) is 5.65 Å². The number of hydrogen-bond donors (Lipinski definition) is 1. The standard InChI is InChI=1S/C23H34N6O3/c1-6-9-28-19(30)23(32-21(28)31)7-10-27(11-8-23)14-17-12-16-13-25-20(24-5)26-18(16)29(17)15-22(2,3)4/h12-13H,6-11,14-15H2,1-5H3,(H,24,25,26). The quantitative estimate of drug-likeness (QED) is 0.734. The van der Waals surface area contributed by atoms with Crippen LogP contribution in [0.15, 0.2) is 12.3 Å². The molecule has 0 unspecified atom stereocenters. The maximum atomic E-state index is 12.9. The van der Waals surface area contributed by atoms with Crippen molar-refractivity contribution in [1.82, 2.24) is 24.3 Å². The second-order valence-corrected chi connectivity index (χ2v) is 10.1. The molecule has 0 aromatic carbocycles. The summed E-state index contributed by atoms with van der Waals surface area (Å²) in [6, 6.07) is 2.16. The van der Waals surface area contributed by atoms with Gasteiger partial charge in [0.25, 0.3) is 5.91 Å². The van der Waals surface area contributed by atoms with Crippen molar-refractivity contribution in [3.8, 4) is 0 Å². The molecule has 0 radical (unpaired) electrons. The number of nitrogens with zero attached hydrogens (tertiary/aromatic N) is 5. The fourth-order valence-electron chi connectivity index (χ4n) is 4.62. The summed E-state index contributed by atoms with van der Waals surface area (Å²) in [6.07, 6.45) is 3.16. The van der Waals surface area contributed by atoms with E-state index in [4.69, 9.17) is 9.72 Å². The molecule has 2 aliphatic heterocycles. The van der Waals surface area contributed by atoms with Gasteiger partial charge in [-0.25, -0.2) is 14.7 Å². The number of carbonyl (C=O) groups is 2. The van der Waals surface area contributed by atoms with E-state index in [9.17, 15) is 9.59 Å². The third-order valence-corrected chi connectivity index (χ3v) is 6.21. The van der Waals surface area contributed by atoms with Gasteiger partial charge in [-0.15, -0.1) is 0 Å². The van der Waals surface area contributed by atoms with Gasteiger partial charge in [0.2, 0.25) is 5.95 Å². The lowest BCUT2D eigenvalue weighted by atomic mass is 9.90. The van der Waals surface area contributed by atoms with Crippen LogP contribution in [0.3, 0.4) is 0 Å². The topological polar surface area (TPSA) is 92.6 Å². The van der Waals surface area contributed by atoms with Crippen LogP contribution in [-0.2, 0) is 22.6 Å². The molecule has 32 heavy (non-hydrogen) atoms. The Morgan fingerprint density at radius 2 is 1.94 bits per heavy atom. The molecule has 174 valence electrons. The van der Waals surface area contributed by atoms with Gasteiger partial charge >= 0.3 is 6.09 Å².